The van der Waals surface area contributed by atoms with Crippen LogP contribution >= 0.6 is 0 Å². The highest BCUT2D eigenvalue weighted by Gasteiger charge is 2.60. The highest BCUT2D eigenvalue weighted by atomic mass is 16.3. The van der Waals surface area contributed by atoms with E-state index in [-0.39, 0.29) is 0 Å². The summed E-state index contributed by atoms with van der Waals surface area (Å²) in [5, 5.41) is 12.2. The molecule has 0 aromatic carbocycles. The van der Waals surface area contributed by atoms with Gasteiger partial charge in [-0.15, -0.1) is 0 Å². The second-order valence-corrected chi connectivity index (χ2v) is 11.9. The van der Waals surface area contributed by atoms with Crippen LogP contribution in [0, 0.1) is 46.8 Å². The quantitative estimate of drug-likeness (QED) is 0.474. The van der Waals surface area contributed by atoms with Gasteiger partial charge in [0.15, 0.2) is 0 Å². The molecule has 4 aliphatic rings. The predicted octanol–water partition coefficient (Wildman–Crippen LogP) is 7.55. The number of hydrogen-bond acceptors (Lipinski definition) is 1. The molecule has 0 radical (unpaired) electrons. The highest BCUT2D eigenvalue weighted by molar-refractivity contribution is 5.21. The van der Waals surface area contributed by atoms with E-state index in [0.717, 1.165) is 23.7 Å². The molecule has 0 heterocycles. The monoisotopic (exact) mass is 398 g/mol. The Hall–Kier alpha value is -0.560. The van der Waals surface area contributed by atoms with Crippen molar-refractivity contribution >= 4 is 0 Å². The van der Waals surface area contributed by atoms with Crippen molar-refractivity contribution in [2.24, 2.45) is 46.8 Å². The fourth-order valence-electron chi connectivity index (χ4n) is 8.15. The van der Waals surface area contributed by atoms with Crippen molar-refractivity contribution in [1.29, 1.82) is 0 Å². The van der Waals surface area contributed by atoms with Gasteiger partial charge >= 0.3 is 0 Å². The standard InChI is InChI=1S/C28H46O/c1-20(2)8-7-9-21(3)25-14-15-26-27(25,4)18-17-24-13-12-22-10-5-6-11-23(22)16-19-28(24,26)29/h6,11,16,19-26,29H,5,7-10,12-15,17-18H2,1-4H3/t21-,22-,23-,24-,25-,26-,27-,28+/m1/s1. The molecule has 2 saturated carbocycles. The summed E-state index contributed by atoms with van der Waals surface area (Å²) in [7, 11) is 0. The summed E-state index contributed by atoms with van der Waals surface area (Å²) in [6.45, 7) is 9.77. The molecule has 1 nitrogen and oxygen atoms in total. The first-order valence-corrected chi connectivity index (χ1v) is 12.9. The Bertz CT molecular complexity index is 618. The summed E-state index contributed by atoms with van der Waals surface area (Å²) < 4.78 is 0. The molecule has 1 heteroatoms. The first kappa shape index (κ1) is 21.7. The fraction of sp³-hybridized carbons (Fsp3) is 0.857. The Balaban J connectivity index is 1.53. The summed E-state index contributed by atoms with van der Waals surface area (Å²) in [6, 6.07) is 0. The van der Waals surface area contributed by atoms with E-state index in [4.69, 9.17) is 0 Å². The van der Waals surface area contributed by atoms with Crippen LogP contribution in [-0.4, -0.2) is 10.7 Å². The molecule has 0 saturated heterocycles. The smallest absolute Gasteiger partial charge is 0.0889 e. The van der Waals surface area contributed by atoms with E-state index < -0.39 is 5.60 Å². The minimum Gasteiger partial charge on any atom is -0.385 e. The van der Waals surface area contributed by atoms with Gasteiger partial charge in [-0.2, -0.15) is 0 Å². The van der Waals surface area contributed by atoms with Gasteiger partial charge in [0.2, 0.25) is 0 Å². The second-order valence-electron chi connectivity index (χ2n) is 11.9. The van der Waals surface area contributed by atoms with Crippen LogP contribution in [0.1, 0.15) is 98.3 Å². The molecule has 29 heavy (non-hydrogen) atoms. The molecule has 0 unspecified atom stereocenters. The van der Waals surface area contributed by atoms with Crippen molar-refractivity contribution in [1.82, 2.24) is 0 Å². The molecule has 164 valence electrons. The van der Waals surface area contributed by atoms with Crippen LogP contribution in [0.5, 0.6) is 0 Å². The van der Waals surface area contributed by atoms with Crippen LogP contribution in [-0.2, 0) is 0 Å². The Morgan fingerprint density at radius 2 is 1.79 bits per heavy atom. The molecule has 1 N–H and O–H groups in total. The number of aliphatic hydroxyl groups is 1. The van der Waals surface area contributed by atoms with Crippen molar-refractivity contribution in [3.8, 4) is 0 Å². The summed E-state index contributed by atoms with van der Waals surface area (Å²) in [5.74, 6) is 4.74. The van der Waals surface area contributed by atoms with Gasteiger partial charge in [0, 0.05) is 0 Å². The zero-order valence-corrected chi connectivity index (χ0v) is 19.6. The first-order valence-electron chi connectivity index (χ1n) is 12.9. The molecule has 0 aromatic heterocycles. The maximum absolute atomic E-state index is 12.2. The van der Waals surface area contributed by atoms with E-state index in [2.05, 4.69) is 52.0 Å². The maximum atomic E-state index is 12.2. The molecule has 2 fully saturated rings. The van der Waals surface area contributed by atoms with Crippen LogP contribution < -0.4 is 0 Å². The topological polar surface area (TPSA) is 20.2 Å². The van der Waals surface area contributed by atoms with Crippen molar-refractivity contribution in [3.05, 3.63) is 24.3 Å². The largest absolute Gasteiger partial charge is 0.385 e. The third-order valence-corrected chi connectivity index (χ3v) is 9.86. The van der Waals surface area contributed by atoms with Crippen LogP contribution in [0.15, 0.2) is 24.3 Å². The normalized spacial score (nSPS) is 45.2. The number of hydrogen-bond donors (Lipinski definition) is 1. The molecule has 4 rings (SSSR count). The SMILES string of the molecule is CC(C)CCC[C@@H](C)[C@H]1CC[C@H]2[C@]3(O)C=C[C@H]4C=CCC[C@@H]4CC[C@@H]3CC[C@]12C. The van der Waals surface area contributed by atoms with Gasteiger partial charge in [-0.05, 0) is 98.2 Å². The molecule has 4 aliphatic carbocycles. The Morgan fingerprint density at radius 3 is 2.59 bits per heavy atom. The van der Waals surface area contributed by atoms with Crippen molar-refractivity contribution in [3.63, 3.8) is 0 Å². The Labute approximate surface area is 180 Å². The molecular weight excluding hydrogens is 352 g/mol. The maximum Gasteiger partial charge on any atom is 0.0889 e. The average molecular weight is 399 g/mol. The van der Waals surface area contributed by atoms with Gasteiger partial charge in [-0.1, -0.05) is 71.3 Å². The lowest BCUT2D eigenvalue weighted by Gasteiger charge is -2.54. The van der Waals surface area contributed by atoms with Crippen LogP contribution in [0.3, 0.4) is 0 Å². The van der Waals surface area contributed by atoms with E-state index >= 15 is 0 Å². The zero-order chi connectivity index (χ0) is 20.6. The molecular formula is C28H46O. The lowest BCUT2D eigenvalue weighted by molar-refractivity contribution is -0.120. The highest BCUT2D eigenvalue weighted by Crippen LogP contribution is 2.63. The second kappa shape index (κ2) is 8.52. The number of allylic oxidation sites excluding steroid dienone is 3. The molecule has 0 aliphatic heterocycles. The van der Waals surface area contributed by atoms with Gasteiger partial charge in [0.05, 0.1) is 5.60 Å². The lowest BCUT2D eigenvalue weighted by atomic mass is 9.53. The van der Waals surface area contributed by atoms with Gasteiger partial charge in [-0.3, -0.25) is 0 Å². The van der Waals surface area contributed by atoms with E-state index in [1.54, 1.807) is 0 Å². The van der Waals surface area contributed by atoms with Crippen molar-refractivity contribution < 1.29 is 5.11 Å². The third-order valence-electron chi connectivity index (χ3n) is 9.86. The molecule has 8 atom stereocenters. The third kappa shape index (κ3) is 4.02. The molecule has 0 spiro atoms. The van der Waals surface area contributed by atoms with Gasteiger partial charge in [0.25, 0.3) is 0 Å². The zero-order valence-electron chi connectivity index (χ0n) is 19.6. The summed E-state index contributed by atoms with van der Waals surface area (Å²) in [4.78, 5) is 0. The van der Waals surface area contributed by atoms with Gasteiger partial charge < -0.3 is 5.11 Å². The fourth-order valence-corrected chi connectivity index (χ4v) is 8.15. The summed E-state index contributed by atoms with van der Waals surface area (Å²) in [6.07, 6.45) is 23.9. The van der Waals surface area contributed by atoms with Crippen LogP contribution in [0.25, 0.3) is 0 Å². The Morgan fingerprint density at radius 1 is 0.966 bits per heavy atom. The van der Waals surface area contributed by atoms with Crippen molar-refractivity contribution in [2.45, 2.75) is 104 Å². The van der Waals surface area contributed by atoms with Crippen LogP contribution in [0.2, 0.25) is 0 Å². The number of fused-ring (bicyclic) bond motifs is 4. The van der Waals surface area contributed by atoms with E-state index in [1.165, 1.54) is 70.6 Å². The van der Waals surface area contributed by atoms with E-state index in [1.807, 2.05) is 0 Å². The Kier molecular flexibility index (Phi) is 6.37. The molecule has 0 bridgehead atoms. The molecule has 0 amide bonds. The van der Waals surface area contributed by atoms with E-state index in [9.17, 15) is 5.11 Å². The van der Waals surface area contributed by atoms with Gasteiger partial charge in [0.1, 0.15) is 0 Å². The minimum absolute atomic E-state index is 0.327. The minimum atomic E-state index is -0.560. The van der Waals surface area contributed by atoms with Crippen molar-refractivity contribution in [2.75, 3.05) is 0 Å². The molecule has 0 aromatic rings. The number of rotatable bonds is 5. The van der Waals surface area contributed by atoms with Crippen LogP contribution in [0.4, 0.5) is 0 Å². The average Bonchev–Trinajstić information content (AvgIpc) is 3.03. The lowest BCUT2D eigenvalue weighted by Crippen LogP contribution is -2.54. The van der Waals surface area contributed by atoms with Gasteiger partial charge in [-0.25, -0.2) is 0 Å². The first-order chi connectivity index (χ1) is 13.8. The summed E-state index contributed by atoms with van der Waals surface area (Å²) in [5.41, 5.74) is -0.233. The summed E-state index contributed by atoms with van der Waals surface area (Å²) >= 11 is 0. The van der Waals surface area contributed by atoms with E-state index in [0.29, 0.717) is 23.2 Å². The predicted molar refractivity (Wildman–Crippen MR) is 124 cm³/mol.